The van der Waals surface area contributed by atoms with Crippen LogP contribution in [0.2, 0.25) is 5.02 Å². The van der Waals surface area contributed by atoms with Crippen LogP contribution >= 0.6 is 22.9 Å². The zero-order valence-corrected chi connectivity index (χ0v) is 14.5. The topological polar surface area (TPSA) is 71.1 Å². The lowest BCUT2D eigenvalue weighted by molar-refractivity contribution is -0.121. The summed E-state index contributed by atoms with van der Waals surface area (Å²) in [6.07, 6.45) is 1.41. The molecule has 3 atom stereocenters. The fourth-order valence-corrected chi connectivity index (χ4v) is 3.60. The van der Waals surface area contributed by atoms with Crippen LogP contribution in [0.15, 0.2) is 24.4 Å². The standard InChI is InChI=1S/C16H15ClFN3O2S/c1-7-8(2)20-15(23)13(7)21-14(22)12-6-19-16(24-12)9-3-10(17)5-11(18)4-9/h3-8,13H,1-2H3,(H,20,23)(H,21,22)/t7-,8-,13+/m0/s1. The summed E-state index contributed by atoms with van der Waals surface area (Å²) in [7, 11) is 0. The van der Waals surface area contributed by atoms with Crippen LogP contribution in [-0.2, 0) is 4.79 Å². The number of carbonyl (C=O) groups is 2. The molecular formula is C16H15ClFN3O2S. The third kappa shape index (κ3) is 3.27. The Hall–Kier alpha value is -1.99. The van der Waals surface area contributed by atoms with Crippen molar-refractivity contribution in [3.8, 4) is 10.6 Å². The van der Waals surface area contributed by atoms with Crippen LogP contribution < -0.4 is 10.6 Å². The summed E-state index contributed by atoms with van der Waals surface area (Å²) in [4.78, 5) is 28.7. The highest BCUT2D eigenvalue weighted by Gasteiger charge is 2.38. The first kappa shape index (κ1) is 16.9. The molecule has 5 nitrogen and oxygen atoms in total. The fraction of sp³-hybridized carbons (Fsp3) is 0.312. The highest BCUT2D eigenvalue weighted by Crippen LogP contribution is 2.28. The minimum Gasteiger partial charge on any atom is -0.351 e. The smallest absolute Gasteiger partial charge is 0.263 e. The van der Waals surface area contributed by atoms with Gasteiger partial charge in [0.05, 0.1) is 6.20 Å². The molecule has 1 saturated heterocycles. The van der Waals surface area contributed by atoms with E-state index in [-0.39, 0.29) is 28.8 Å². The van der Waals surface area contributed by atoms with E-state index in [0.717, 1.165) is 11.3 Å². The zero-order valence-electron chi connectivity index (χ0n) is 13.0. The first-order valence-electron chi connectivity index (χ1n) is 7.38. The normalized spacial score (nSPS) is 23.2. The number of amides is 2. The number of hydrogen-bond donors (Lipinski definition) is 2. The maximum absolute atomic E-state index is 13.4. The molecule has 0 spiro atoms. The van der Waals surface area contributed by atoms with Gasteiger partial charge in [-0.1, -0.05) is 18.5 Å². The summed E-state index contributed by atoms with van der Waals surface area (Å²) in [5.41, 5.74) is 0.504. The predicted molar refractivity (Wildman–Crippen MR) is 90.5 cm³/mol. The van der Waals surface area contributed by atoms with Gasteiger partial charge in [-0.3, -0.25) is 9.59 Å². The van der Waals surface area contributed by atoms with Crippen molar-refractivity contribution in [2.24, 2.45) is 5.92 Å². The maximum atomic E-state index is 13.4. The number of carbonyl (C=O) groups excluding carboxylic acids is 2. The Balaban J connectivity index is 1.78. The van der Waals surface area contributed by atoms with Gasteiger partial charge >= 0.3 is 0 Å². The summed E-state index contributed by atoms with van der Waals surface area (Å²) >= 11 is 6.96. The molecule has 1 aliphatic rings. The molecule has 0 aliphatic carbocycles. The minimum atomic E-state index is -0.568. The van der Waals surface area contributed by atoms with Crippen LogP contribution in [0.25, 0.3) is 10.6 Å². The SMILES string of the molecule is C[C@H]1[C@H](C)NC(=O)[C@@H]1NC(=O)c1cnc(-c2cc(F)cc(Cl)c2)s1. The van der Waals surface area contributed by atoms with Crippen LogP contribution in [0.1, 0.15) is 23.5 Å². The molecule has 0 radical (unpaired) electrons. The molecule has 1 fully saturated rings. The van der Waals surface area contributed by atoms with E-state index < -0.39 is 11.9 Å². The average molecular weight is 368 g/mol. The van der Waals surface area contributed by atoms with Crippen LogP contribution in [0.3, 0.4) is 0 Å². The number of benzene rings is 1. The van der Waals surface area contributed by atoms with Gasteiger partial charge in [-0.05, 0) is 25.1 Å². The van der Waals surface area contributed by atoms with Crippen molar-refractivity contribution in [3.63, 3.8) is 0 Å². The average Bonchev–Trinajstić information content (AvgIpc) is 3.08. The van der Waals surface area contributed by atoms with Crippen molar-refractivity contribution in [2.45, 2.75) is 25.9 Å². The number of thiazole rings is 1. The molecule has 2 heterocycles. The summed E-state index contributed by atoms with van der Waals surface area (Å²) in [6.45, 7) is 3.80. The second kappa shape index (κ2) is 6.49. The summed E-state index contributed by atoms with van der Waals surface area (Å²) in [5, 5.41) is 6.27. The van der Waals surface area contributed by atoms with Gasteiger partial charge in [0, 0.05) is 22.5 Å². The van der Waals surface area contributed by atoms with Crippen LogP contribution in [0.5, 0.6) is 0 Å². The molecule has 3 rings (SSSR count). The van der Waals surface area contributed by atoms with Crippen molar-refractivity contribution in [1.29, 1.82) is 0 Å². The molecular weight excluding hydrogens is 353 g/mol. The Labute approximate surface area is 147 Å². The largest absolute Gasteiger partial charge is 0.351 e. The Kier molecular flexibility index (Phi) is 4.56. The number of halogens is 2. The van der Waals surface area contributed by atoms with E-state index in [1.54, 1.807) is 6.07 Å². The Morgan fingerprint density at radius 3 is 2.75 bits per heavy atom. The van der Waals surface area contributed by atoms with E-state index in [2.05, 4.69) is 15.6 Å². The van der Waals surface area contributed by atoms with E-state index in [0.29, 0.717) is 15.4 Å². The lowest BCUT2D eigenvalue weighted by Gasteiger charge is -2.15. The van der Waals surface area contributed by atoms with Crippen LogP contribution in [0, 0.1) is 11.7 Å². The number of aromatic nitrogens is 1. The highest BCUT2D eigenvalue weighted by molar-refractivity contribution is 7.16. The first-order chi connectivity index (χ1) is 11.3. The lowest BCUT2D eigenvalue weighted by Crippen LogP contribution is -2.42. The van der Waals surface area contributed by atoms with E-state index in [1.807, 2.05) is 13.8 Å². The molecule has 1 aromatic heterocycles. The van der Waals surface area contributed by atoms with Crippen molar-refractivity contribution >= 4 is 34.8 Å². The molecule has 126 valence electrons. The number of rotatable bonds is 3. The zero-order chi connectivity index (χ0) is 17.4. The Morgan fingerprint density at radius 2 is 2.12 bits per heavy atom. The van der Waals surface area contributed by atoms with E-state index in [4.69, 9.17) is 11.6 Å². The molecule has 2 amide bonds. The quantitative estimate of drug-likeness (QED) is 0.876. The molecule has 0 bridgehead atoms. The molecule has 2 N–H and O–H groups in total. The molecule has 1 aliphatic heterocycles. The molecule has 2 aromatic rings. The Bertz CT molecular complexity index is 790. The van der Waals surface area contributed by atoms with Crippen molar-refractivity contribution in [3.05, 3.63) is 40.1 Å². The van der Waals surface area contributed by atoms with E-state index in [9.17, 15) is 14.0 Å². The van der Waals surface area contributed by atoms with Gasteiger partial charge in [0.25, 0.3) is 5.91 Å². The minimum absolute atomic E-state index is 0.00383. The third-order valence-corrected chi connectivity index (χ3v) is 5.36. The van der Waals surface area contributed by atoms with Gasteiger partial charge in [-0.2, -0.15) is 0 Å². The van der Waals surface area contributed by atoms with Crippen molar-refractivity contribution < 1.29 is 14.0 Å². The fourth-order valence-electron chi connectivity index (χ4n) is 2.57. The predicted octanol–water partition coefficient (Wildman–Crippen LogP) is 2.86. The maximum Gasteiger partial charge on any atom is 0.263 e. The summed E-state index contributed by atoms with van der Waals surface area (Å²) < 4.78 is 13.4. The second-order valence-corrected chi connectivity index (χ2v) is 7.26. The third-order valence-electron chi connectivity index (χ3n) is 4.09. The van der Waals surface area contributed by atoms with Crippen LogP contribution in [-0.4, -0.2) is 28.9 Å². The first-order valence-corrected chi connectivity index (χ1v) is 8.58. The highest BCUT2D eigenvalue weighted by atomic mass is 35.5. The summed E-state index contributed by atoms with van der Waals surface area (Å²) in [6, 6.07) is 3.53. The van der Waals surface area contributed by atoms with Crippen molar-refractivity contribution in [1.82, 2.24) is 15.6 Å². The van der Waals surface area contributed by atoms with Gasteiger partial charge in [0.15, 0.2) is 0 Å². The van der Waals surface area contributed by atoms with Gasteiger partial charge < -0.3 is 10.6 Å². The molecule has 24 heavy (non-hydrogen) atoms. The van der Waals surface area contributed by atoms with Gasteiger partial charge in [0.2, 0.25) is 5.91 Å². The molecule has 0 saturated carbocycles. The molecule has 1 aromatic carbocycles. The number of nitrogens with one attached hydrogen (secondary N) is 2. The monoisotopic (exact) mass is 367 g/mol. The van der Waals surface area contributed by atoms with Gasteiger partial charge in [0.1, 0.15) is 21.7 Å². The van der Waals surface area contributed by atoms with E-state index in [1.165, 1.54) is 18.3 Å². The lowest BCUT2D eigenvalue weighted by atomic mass is 10.00. The van der Waals surface area contributed by atoms with E-state index >= 15 is 0 Å². The second-order valence-electron chi connectivity index (χ2n) is 5.80. The molecule has 8 heteroatoms. The van der Waals surface area contributed by atoms with Crippen LogP contribution in [0.4, 0.5) is 4.39 Å². The van der Waals surface area contributed by atoms with Crippen molar-refractivity contribution in [2.75, 3.05) is 0 Å². The summed E-state index contributed by atoms with van der Waals surface area (Å²) in [5.74, 6) is -1.03. The molecule has 0 unspecified atom stereocenters. The Morgan fingerprint density at radius 1 is 1.38 bits per heavy atom. The van der Waals surface area contributed by atoms with Gasteiger partial charge in [-0.25, -0.2) is 9.37 Å². The number of hydrogen-bond acceptors (Lipinski definition) is 4. The number of nitrogens with zero attached hydrogens (tertiary/aromatic N) is 1. The van der Waals surface area contributed by atoms with Gasteiger partial charge in [-0.15, -0.1) is 11.3 Å².